The lowest BCUT2D eigenvalue weighted by Gasteiger charge is -2.44. The van der Waals surface area contributed by atoms with Gasteiger partial charge in [0.15, 0.2) is 0 Å². The summed E-state index contributed by atoms with van der Waals surface area (Å²) >= 11 is 0. The van der Waals surface area contributed by atoms with E-state index in [-0.39, 0.29) is 53.9 Å². The Hall–Kier alpha value is -2.21. The van der Waals surface area contributed by atoms with E-state index in [0.717, 1.165) is 19.3 Å². The Bertz CT molecular complexity index is 1250. The molecule has 206 valence electrons. The first-order valence-corrected chi connectivity index (χ1v) is 15.4. The molecule has 7 saturated carbocycles. The molecule has 9 aliphatic rings. The van der Waals surface area contributed by atoms with Gasteiger partial charge in [0.2, 0.25) is 0 Å². The van der Waals surface area contributed by atoms with Crippen LogP contribution in [0, 0.1) is 59.2 Å². The van der Waals surface area contributed by atoms with Crippen LogP contribution in [0.1, 0.15) is 44.9 Å². The summed E-state index contributed by atoms with van der Waals surface area (Å²) in [5, 5.41) is -1.15. The molecule has 2 aliphatic heterocycles. The van der Waals surface area contributed by atoms with Crippen molar-refractivity contribution in [3.8, 4) is 0 Å². The topological polar surface area (TPSA) is 160 Å². The van der Waals surface area contributed by atoms with Crippen molar-refractivity contribution in [3.05, 3.63) is 0 Å². The number of hydrogen-bond donors (Lipinski definition) is 1. The number of esters is 4. The minimum atomic E-state index is -4.43. The number of ether oxygens (including phenoxy) is 4. The molecule has 9 rings (SSSR count). The van der Waals surface area contributed by atoms with Gasteiger partial charge in [0.05, 0.1) is 28.9 Å². The molecule has 0 aromatic rings. The standard InChI is InChI=1S/C26H30O11S/c27-23-13-3-8-1-2-11(13)21(36-23)19(8)34-25(29)17-9-4-15(16(7-9)38(31,32)33)18(17)26(30)35-20-10-5-12-14(6-10)24(28)37-22(12)20/h8-22H,1-7H2,(H,31,32,33). The summed E-state index contributed by atoms with van der Waals surface area (Å²) in [6, 6.07) is 0. The second-order valence-electron chi connectivity index (χ2n) is 13.0. The molecule has 0 spiro atoms. The van der Waals surface area contributed by atoms with Crippen LogP contribution < -0.4 is 0 Å². The first-order valence-electron chi connectivity index (χ1n) is 13.9. The molecule has 0 aromatic heterocycles. The van der Waals surface area contributed by atoms with Gasteiger partial charge in [0.25, 0.3) is 10.1 Å². The van der Waals surface area contributed by atoms with Gasteiger partial charge in [-0.05, 0) is 56.8 Å². The zero-order valence-corrected chi connectivity index (χ0v) is 21.4. The normalized spacial score (nSPS) is 52.8. The third-order valence-electron chi connectivity index (χ3n) is 11.5. The quantitative estimate of drug-likeness (QED) is 0.294. The number of hydrogen-bond acceptors (Lipinski definition) is 10. The second-order valence-corrected chi connectivity index (χ2v) is 14.6. The maximum Gasteiger partial charge on any atom is 0.310 e. The molecular weight excluding hydrogens is 520 g/mol. The molecule has 38 heavy (non-hydrogen) atoms. The molecule has 0 amide bonds. The van der Waals surface area contributed by atoms with E-state index < -0.39 is 75.4 Å². The predicted molar refractivity (Wildman–Crippen MR) is 122 cm³/mol. The van der Waals surface area contributed by atoms with Gasteiger partial charge in [-0.1, -0.05) is 0 Å². The number of rotatable bonds is 5. The molecule has 1 N–H and O–H groups in total. The molecule has 8 bridgehead atoms. The van der Waals surface area contributed by atoms with Crippen molar-refractivity contribution >= 4 is 34.0 Å². The van der Waals surface area contributed by atoms with E-state index in [9.17, 15) is 32.1 Å². The van der Waals surface area contributed by atoms with E-state index in [1.807, 2.05) is 0 Å². The van der Waals surface area contributed by atoms with Crippen molar-refractivity contribution < 1.29 is 51.1 Å². The third kappa shape index (κ3) is 3.07. The summed E-state index contributed by atoms with van der Waals surface area (Å²) in [4.78, 5) is 51.8. The number of carbonyl (C=O) groups is 4. The molecule has 9 fully saturated rings. The summed E-state index contributed by atoms with van der Waals surface area (Å²) < 4.78 is 57.2. The third-order valence-corrected chi connectivity index (χ3v) is 12.8. The minimum absolute atomic E-state index is 0.00505. The van der Waals surface area contributed by atoms with Crippen LogP contribution >= 0.6 is 0 Å². The zero-order valence-electron chi connectivity index (χ0n) is 20.5. The summed E-state index contributed by atoms with van der Waals surface area (Å²) in [5.74, 6) is -5.21. The highest BCUT2D eigenvalue weighted by molar-refractivity contribution is 7.86. The largest absolute Gasteiger partial charge is 0.458 e. The van der Waals surface area contributed by atoms with Gasteiger partial charge in [-0.2, -0.15) is 8.42 Å². The molecule has 0 radical (unpaired) electrons. The van der Waals surface area contributed by atoms with Crippen molar-refractivity contribution in [2.24, 2.45) is 59.2 Å². The lowest BCUT2D eigenvalue weighted by Crippen LogP contribution is -2.52. The predicted octanol–water partition coefficient (Wildman–Crippen LogP) is 0.892. The van der Waals surface area contributed by atoms with E-state index in [1.165, 1.54) is 0 Å². The van der Waals surface area contributed by atoms with Gasteiger partial charge >= 0.3 is 23.9 Å². The van der Waals surface area contributed by atoms with Gasteiger partial charge in [-0.15, -0.1) is 0 Å². The van der Waals surface area contributed by atoms with Gasteiger partial charge in [0.1, 0.15) is 24.4 Å². The Morgan fingerprint density at radius 3 is 2.00 bits per heavy atom. The van der Waals surface area contributed by atoms with Gasteiger partial charge < -0.3 is 18.9 Å². The Kier molecular flexibility index (Phi) is 4.80. The summed E-state index contributed by atoms with van der Waals surface area (Å²) in [5.41, 5.74) is 0. The fraction of sp³-hybridized carbons (Fsp3) is 0.846. The van der Waals surface area contributed by atoms with Crippen LogP contribution in [0.4, 0.5) is 0 Å². The number of carbonyl (C=O) groups excluding carboxylic acids is 4. The van der Waals surface area contributed by atoms with Gasteiger partial charge in [0, 0.05) is 23.7 Å². The molecule has 12 heteroatoms. The van der Waals surface area contributed by atoms with Crippen LogP contribution in [0.3, 0.4) is 0 Å². The van der Waals surface area contributed by atoms with Crippen molar-refractivity contribution in [2.75, 3.05) is 0 Å². The minimum Gasteiger partial charge on any atom is -0.458 e. The van der Waals surface area contributed by atoms with Crippen LogP contribution in [-0.2, 0) is 48.2 Å². The monoisotopic (exact) mass is 550 g/mol. The summed E-state index contributed by atoms with van der Waals surface area (Å²) in [7, 11) is -4.43. The van der Waals surface area contributed by atoms with Gasteiger partial charge in [-0.25, -0.2) is 0 Å². The smallest absolute Gasteiger partial charge is 0.310 e. The van der Waals surface area contributed by atoms with Crippen molar-refractivity contribution in [1.29, 1.82) is 0 Å². The summed E-state index contributed by atoms with van der Waals surface area (Å²) in [6.45, 7) is 0. The van der Waals surface area contributed by atoms with Crippen molar-refractivity contribution in [2.45, 2.75) is 74.6 Å². The van der Waals surface area contributed by atoms with E-state index in [4.69, 9.17) is 18.9 Å². The lowest BCUT2D eigenvalue weighted by atomic mass is 9.63. The van der Waals surface area contributed by atoms with Crippen LogP contribution in [-0.4, -0.2) is 66.5 Å². The Morgan fingerprint density at radius 1 is 0.711 bits per heavy atom. The fourth-order valence-corrected chi connectivity index (χ4v) is 11.2. The Morgan fingerprint density at radius 2 is 1.29 bits per heavy atom. The molecule has 7 aliphatic carbocycles. The van der Waals surface area contributed by atoms with Crippen LogP contribution in [0.15, 0.2) is 0 Å². The van der Waals surface area contributed by atoms with E-state index in [2.05, 4.69) is 0 Å². The SMILES string of the molecule is O=C1OC2C3CCC(CC13)C2OC(=O)C1C2CC(C1C(=O)OC1C3CC4C(=O)OC1C4C3)C(S(=O)(=O)O)C2. The van der Waals surface area contributed by atoms with Crippen molar-refractivity contribution in [3.63, 3.8) is 0 Å². The van der Waals surface area contributed by atoms with Crippen LogP contribution in [0.5, 0.6) is 0 Å². The number of fused-ring (bicyclic) bond motifs is 4. The average molecular weight is 551 g/mol. The van der Waals surface area contributed by atoms with E-state index in [0.29, 0.717) is 19.3 Å². The fourth-order valence-electron chi connectivity index (χ4n) is 10.0. The molecule has 11 nitrogen and oxygen atoms in total. The van der Waals surface area contributed by atoms with Crippen LogP contribution in [0.25, 0.3) is 0 Å². The lowest BCUT2D eigenvalue weighted by molar-refractivity contribution is -0.185. The average Bonchev–Trinajstić information content (AvgIpc) is 3.68. The molecule has 2 heterocycles. The Labute approximate surface area is 219 Å². The first kappa shape index (κ1) is 23.7. The highest BCUT2D eigenvalue weighted by atomic mass is 32.2. The molecule has 15 unspecified atom stereocenters. The van der Waals surface area contributed by atoms with Crippen molar-refractivity contribution in [1.82, 2.24) is 0 Å². The zero-order chi connectivity index (χ0) is 26.2. The molecule has 0 aromatic carbocycles. The van der Waals surface area contributed by atoms with Gasteiger partial charge in [-0.3, -0.25) is 23.7 Å². The highest BCUT2D eigenvalue weighted by Crippen LogP contribution is 2.59. The van der Waals surface area contributed by atoms with E-state index in [1.54, 1.807) is 0 Å². The molecular formula is C26H30O11S. The van der Waals surface area contributed by atoms with Crippen LogP contribution in [0.2, 0.25) is 0 Å². The summed E-state index contributed by atoms with van der Waals surface area (Å²) in [6.07, 6.45) is 1.85. The Balaban J connectivity index is 1.05. The second kappa shape index (κ2) is 7.71. The maximum absolute atomic E-state index is 13.7. The molecule has 2 saturated heterocycles. The van der Waals surface area contributed by atoms with E-state index >= 15 is 0 Å². The molecule has 15 atom stereocenters. The maximum atomic E-state index is 13.7. The highest BCUT2D eigenvalue weighted by Gasteiger charge is 2.67. The first-order chi connectivity index (χ1) is 18.1.